The molecule has 0 bridgehead atoms. The van der Waals surface area contributed by atoms with Crippen molar-refractivity contribution in [1.82, 2.24) is 5.32 Å². The van der Waals surface area contributed by atoms with Crippen molar-refractivity contribution in [3.63, 3.8) is 0 Å². The molecule has 2 fully saturated rings. The van der Waals surface area contributed by atoms with Crippen molar-refractivity contribution < 1.29 is 0 Å². The summed E-state index contributed by atoms with van der Waals surface area (Å²) in [7, 11) is 0. The van der Waals surface area contributed by atoms with Crippen molar-refractivity contribution >= 4 is 0 Å². The molecule has 0 radical (unpaired) electrons. The van der Waals surface area contributed by atoms with Crippen LogP contribution in [-0.2, 0) is 0 Å². The van der Waals surface area contributed by atoms with Crippen molar-refractivity contribution in [2.24, 2.45) is 16.7 Å². The van der Waals surface area contributed by atoms with Crippen molar-refractivity contribution in [1.29, 1.82) is 0 Å². The van der Waals surface area contributed by atoms with Gasteiger partial charge in [0, 0.05) is 6.54 Å². The molecule has 1 nitrogen and oxygen atoms in total. The molecular weight excluding hydrogens is 182 g/mol. The van der Waals surface area contributed by atoms with Crippen LogP contribution in [0.15, 0.2) is 0 Å². The summed E-state index contributed by atoms with van der Waals surface area (Å²) in [5.74, 6) is 0.841. The molecule has 0 aromatic carbocycles. The van der Waals surface area contributed by atoms with Crippen LogP contribution in [-0.4, -0.2) is 13.1 Å². The summed E-state index contributed by atoms with van der Waals surface area (Å²) in [6.07, 6.45) is 8.73. The van der Waals surface area contributed by atoms with E-state index in [0.29, 0.717) is 10.8 Å². The van der Waals surface area contributed by atoms with Crippen molar-refractivity contribution in [3.8, 4) is 0 Å². The Bertz CT molecular complexity index is 209. The topological polar surface area (TPSA) is 12.0 Å². The van der Waals surface area contributed by atoms with Gasteiger partial charge in [-0.2, -0.15) is 0 Å². The highest BCUT2D eigenvalue weighted by atomic mass is 14.9. The first-order valence-corrected chi connectivity index (χ1v) is 6.77. The van der Waals surface area contributed by atoms with Gasteiger partial charge >= 0.3 is 0 Å². The molecule has 2 rings (SSSR count). The van der Waals surface area contributed by atoms with Crippen LogP contribution in [0.4, 0.5) is 0 Å². The van der Waals surface area contributed by atoms with E-state index in [4.69, 9.17) is 0 Å². The van der Waals surface area contributed by atoms with Crippen LogP contribution >= 0.6 is 0 Å². The Morgan fingerprint density at radius 3 is 2.40 bits per heavy atom. The van der Waals surface area contributed by atoms with E-state index in [1.807, 2.05) is 0 Å². The van der Waals surface area contributed by atoms with E-state index < -0.39 is 0 Å². The maximum absolute atomic E-state index is 3.59. The minimum atomic E-state index is 0.600. The van der Waals surface area contributed by atoms with Gasteiger partial charge in [-0.1, -0.05) is 33.6 Å². The van der Waals surface area contributed by atoms with Crippen LogP contribution in [0.3, 0.4) is 0 Å². The molecule has 1 heterocycles. The second-order valence-electron chi connectivity index (χ2n) is 6.62. The van der Waals surface area contributed by atoms with Gasteiger partial charge in [0.25, 0.3) is 0 Å². The fourth-order valence-electron chi connectivity index (χ4n) is 3.71. The SMILES string of the molecule is CC(C)C1(C)CCCCC2(CCNC2)C1. The quantitative estimate of drug-likeness (QED) is 0.696. The van der Waals surface area contributed by atoms with Crippen molar-refractivity contribution in [2.45, 2.75) is 59.3 Å². The summed E-state index contributed by atoms with van der Waals surface area (Å²) < 4.78 is 0. The zero-order chi connectivity index (χ0) is 10.9. The van der Waals surface area contributed by atoms with E-state index in [0.717, 1.165) is 5.92 Å². The van der Waals surface area contributed by atoms with Gasteiger partial charge in [0.05, 0.1) is 0 Å². The first-order chi connectivity index (χ1) is 7.06. The van der Waals surface area contributed by atoms with Gasteiger partial charge in [-0.05, 0) is 49.0 Å². The van der Waals surface area contributed by atoms with Gasteiger partial charge in [-0.25, -0.2) is 0 Å². The molecule has 1 saturated carbocycles. The second kappa shape index (κ2) is 4.08. The lowest BCUT2D eigenvalue weighted by Crippen LogP contribution is -2.33. The maximum atomic E-state index is 3.59. The average Bonchev–Trinajstić information content (AvgIpc) is 2.53. The van der Waals surface area contributed by atoms with Gasteiger partial charge in [0.15, 0.2) is 0 Å². The summed E-state index contributed by atoms with van der Waals surface area (Å²) >= 11 is 0. The molecule has 0 aromatic heterocycles. The van der Waals surface area contributed by atoms with Crippen LogP contribution < -0.4 is 5.32 Å². The van der Waals surface area contributed by atoms with E-state index >= 15 is 0 Å². The molecule has 88 valence electrons. The molecule has 1 N–H and O–H groups in total. The molecule has 1 heteroatoms. The summed E-state index contributed by atoms with van der Waals surface area (Å²) in [5, 5.41) is 3.59. The van der Waals surface area contributed by atoms with Crippen LogP contribution in [0.25, 0.3) is 0 Å². The minimum absolute atomic E-state index is 0.600. The number of hydrogen-bond acceptors (Lipinski definition) is 1. The van der Waals surface area contributed by atoms with E-state index in [1.54, 1.807) is 0 Å². The summed E-state index contributed by atoms with van der Waals surface area (Å²) in [4.78, 5) is 0. The zero-order valence-corrected chi connectivity index (χ0v) is 10.7. The maximum Gasteiger partial charge on any atom is 0.000849 e. The Morgan fingerprint density at radius 2 is 1.80 bits per heavy atom. The molecule has 2 aliphatic rings. The van der Waals surface area contributed by atoms with Gasteiger partial charge in [-0.3, -0.25) is 0 Å². The molecular formula is C14H27N. The molecule has 0 aromatic rings. The van der Waals surface area contributed by atoms with E-state index in [2.05, 4.69) is 26.1 Å². The predicted molar refractivity (Wildman–Crippen MR) is 65.9 cm³/mol. The van der Waals surface area contributed by atoms with Crippen LogP contribution in [0.1, 0.15) is 59.3 Å². The van der Waals surface area contributed by atoms with E-state index in [1.165, 1.54) is 51.6 Å². The Labute approximate surface area is 95.0 Å². The molecule has 1 saturated heterocycles. The third-order valence-corrected chi connectivity index (χ3v) is 5.21. The van der Waals surface area contributed by atoms with E-state index in [9.17, 15) is 0 Å². The highest BCUT2D eigenvalue weighted by molar-refractivity contribution is 4.96. The lowest BCUT2D eigenvalue weighted by molar-refractivity contribution is 0.112. The largest absolute Gasteiger partial charge is 0.316 e. The Balaban J connectivity index is 2.14. The number of rotatable bonds is 1. The smallest absolute Gasteiger partial charge is 0.000849 e. The predicted octanol–water partition coefficient (Wildman–Crippen LogP) is 3.59. The Morgan fingerprint density at radius 1 is 1.07 bits per heavy atom. The molecule has 0 amide bonds. The lowest BCUT2D eigenvalue weighted by Gasteiger charge is -2.40. The summed E-state index contributed by atoms with van der Waals surface area (Å²) in [6.45, 7) is 9.91. The Hall–Kier alpha value is -0.0400. The third-order valence-electron chi connectivity index (χ3n) is 5.21. The molecule has 15 heavy (non-hydrogen) atoms. The van der Waals surface area contributed by atoms with Crippen LogP contribution in [0.2, 0.25) is 0 Å². The summed E-state index contributed by atoms with van der Waals surface area (Å²) in [5.41, 5.74) is 1.26. The van der Waals surface area contributed by atoms with Gasteiger partial charge in [-0.15, -0.1) is 0 Å². The zero-order valence-electron chi connectivity index (χ0n) is 10.7. The molecule has 2 atom stereocenters. The van der Waals surface area contributed by atoms with Crippen LogP contribution in [0, 0.1) is 16.7 Å². The van der Waals surface area contributed by atoms with Gasteiger partial charge in [0.1, 0.15) is 0 Å². The highest BCUT2D eigenvalue weighted by Crippen LogP contribution is 2.50. The number of hydrogen-bond donors (Lipinski definition) is 1. The monoisotopic (exact) mass is 209 g/mol. The molecule has 2 unspecified atom stereocenters. The minimum Gasteiger partial charge on any atom is -0.316 e. The lowest BCUT2D eigenvalue weighted by atomic mass is 9.65. The van der Waals surface area contributed by atoms with Crippen molar-refractivity contribution in [2.75, 3.05) is 13.1 Å². The fourth-order valence-corrected chi connectivity index (χ4v) is 3.71. The second-order valence-corrected chi connectivity index (χ2v) is 6.62. The van der Waals surface area contributed by atoms with Crippen molar-refractivity contribution in [3.05, 3.63) is 0 Å². The average molecular weight is 209 g/mol. The Kier molecular flexibility index (Phi) is 3.12. The normalized spacial score (nSPS) is 42.4. The molecule has 1 spiro atoms. The fraction of sp³-hybridized carbons (Fsp3) is 1.00. The highest BCUT2D eigenvalue weighted by Gasteiger charge is 2.43. The number of nitrogens with one attached hydrogen (secondary N) is 1. The first-order valence-electron chi connectivity index (χ1n) is 6.77. The van der Waals surface area contributed by atoms with E-state index in [-0.39, 0.29) is 0 Å². The van der Waals surface area contributed by atoms with Crippen LogP contribution in [0.5, 0.6) is 0 Å². The first kappa shape index (κ1) is 11.4. The third kappa shape index (κ3) is 2.22. The molecule has 1 aliphatic carbocycles. The standard InChI is InChI=1S/C14H27N/c1-12(2)13(3)6-4-5-7-14(10-13)8-9-15-11-14/h12,15H,4-11H2,1-3H3. The molecule has 1 aliphatic heterocycles. The van der Waals surface area contributed by atoms with Gasteiger partial charge in [0.2, 0.25) is 0 Å². The summed E-state index contributed by atoms with van der Waals surface area (Å²) in [6, 6.07) is 0. The van der Waals surface area contributed by atoms with Gasteiger partial charge < -0.3 is 5.32 Å².